The second-order valence-corrected chi connectivity index (χ2v) is 6.19. The highest BCUT2D eigenvalue weighted by molar-refractivity contribution is 14.0. The number of methoxy groups -OCH3 is 3. The zero-order chi connectivity index (χ0) is 21.2. The number of ether oxygens (including phenoxy) is 4. The molecule has 0 aromatic heterocycles. The highest BCUT2D eigenvalue weighted by Gasteiger charge is 2.16. The molecule has 2 rings (SSSR count). The molecule has 0 radical (unpaired) electrons. The summed E-state index contributed by atoms with van der Waals surface area (Å²) in [4.78, 5) is 4.21. The van der Waals surface area contributed by atoms with E-state index in [1.54, 1.807) is 40.5 Å². The van der Waals surface area contributed by atoms with E-state index < -0.39 is 0 Å². The van der Waals surface area contributed by atoms with Gasteiger partial charge in [-0.05, 0) is 31.2 Å². The van der Waals surface area contributed by atoms with E-state index in [4.69, 9.17) is 18.9 Å². The monoisotopic (exact) mass is 533 g/mol. The fourth-order valence-electron chi connectivity index (χ4n) is 2.76. The van der Waals surface area contributed by atoms with E-state index in [1.165, 1.54) is 12.1 Å². The van der Waals surface area contributed by atoms with Crippen molar-refractivity contribution >= 4 is 29.9 Å². The van der Waals surface area contributed by atoms with Crippen LogP contribution in [0.15, 0.2) is 41.4 Å². The van der Waals surface area contributed by atoms with Crippen LogP contribution in [0.3, 0.4) is 0 Å². The Kier molecular flexibility index (Phi) is 11.1. The number of guanidine groups is 1. The summed E-state index contributed by atoms with van der Waals surface area (Å²) in [5.41, 5.74) is 0.886. The molecule has 30 heavy (non-hydrogen) atoms. The first-order valence-electron chi connectivity index (χ1n) is 9.17. The maximum Gasteiger partial charge on any atom is 0.203 e. The van der Waals surface area contributed by atoms with Crippen molar-refractivity contribution in [2.75, 3.05) is 34.9 Å². The van der Waals surface area contributed by atoms with Crippen LogP contribution in [0.1, 0.15) is 12.5 Å². The number of rotatable bonds is 9. The summed E-state index contributed by atoms with van der Waals surface area (Å²) < 4.78 is 35.2. The Labute approximate surface area is 194 Å². The van der Waals surface area contributed by atoms with Crippen LogP contribution in [0.25, 0.3) is 0 Å². The first-order valence-corrected chi connectivity index (χ1v) is 9.17. The minimum absolute atomic E-state index is 0. The fourth-order valence-corrected chi connectivity index (χ4v) is 2.76. The molecular formula is C21H29FIN3O4. The molecule has 0 fully saturated rings. The molecule has 0 aliphatic carbocycles. The largest absolute Gasteiger partial charge is 0.493 e. The van der Waals surface area contributed by atoms with E-state index in [-0.39, 0.29) is 35.9 Å². The lowest BCUT2D eigenvalue weighted by molar-refractivity contribution is 0.223. The van der Waals surface area contributed by atoms with Crippen LogP contribution >= 0.6 is 24.0 Å². The molecule has 166 valence electrons. The third-order valence-corrected chi connectivity index (χ3v) is 4.15. The van der Waals surface area contributed by atoms with E-state index in [9.17, 15) is 4.39 Å². The summed E-state index contributed by atoms with van der Waals surface area (Å²) >= 11 is 0. The molecule has 0 spiro atoms. The number of benzene rings is 2. The van der Waals surface area contributed by atoms with Gasteiger partial charge in [0.25, 0.3) is 0 Å². The molecule has 0 aliphatic rings. The van der Waals surface area contributed by atoms with E-state index in [0.29, 0.717) is 42.0 Å². The maximum absolute atomic E-state index is 13.3. The van der Waals surface area contributed by atoms with Crippen molar-refractivity contribution in [3.8, 4) is 23.0 Å². The quantitative estimate of drug-likeness (QED) is 0.292. The highest BCUT2D eigenvalue weighted by Crippen LogP contribution is 2.39. The molecule has 0 amide bonds. The van der Waals surface area contributed by atoms with Crippen molar-refractivity contribution < 1.29 is 23.3 Å². The van der Waals surface area contributed by atoms with Crippen LogP contribution in [0.5, 0.6) is 23.0 Å². The molecule has 2 aromatic carbocycles. The molecule has 0 saturated carbocycles. The molecule has 0 saturated heterocycles. The van der Waals surface area contributed by atoms with Gasteiger partial charge in [0.15, 0.2) is 17.5 Å². The zero-order valence-corrected chi connectivity index (χ0v) is 20.2. The number of nitrogens with one attached hydrogen (secondary N) is 2. The van der Waals surface area contributed by atoms with E-state index >= 15 is 0 Å². The van der Waals surface area contributed by atoms with Gasteiger partial charge in [-0.15, -0.1) is 24.0 Å². The van der Waals surface area contributed by atoms with Crippen LogP contribution in [0.4, 0.5) is 4.39 Å². The van der Waals surface area contributed by atoms with Gasteiger partial charge in [-0.1, -0.05) is 6.07 Å². The summed E-state index contributed by atoms with van der Waals surface area (Å²) in [5, 5.41) is 6.41. The standard InChI is InChI=1S/C21H28FN3O4.HI/c1-14(29-17-8-6-7-16(22)11-17)12-24-21(23-2)25-13-15-9-10-18(26-3)20(28-5)19(15)27-4;/h6-11,14H,12-13H2,1-5H3,(H2,23,24,25);1H. The lowest BCUT2D eigenvalue weighted by atomic mass is 10.1. The SMILES string of the molecule is CN=C(NCc1ccc(OC)c(OC)c1OC)NCC(C)Oc1cccc(F)c1.I. The Balaban J connectivity index is 0.00000450. The number of nitrogens with zero attached hydrogens (tertiary/aromatic N) is 1. The lowest BCUT2D eigenvalue weighted by Crippen LogP contribution is -2.41. The molecule has 1 unspecified atom stereocenters. The van der Waals surface area contributed by atoms with E-state index in [0.717, 1.165) is 5.56 Å². The van der Waals surface area contributed by atoms with Crippen LogP contribution in [-0.2, 0) is 6.54 Å². The number of hydrogen-bond acceptors (Lipinski definition) is 5. The van der Waals surface area contributed by atoms with Gasteiger partial charge in [-0.3, -0.25) is 4.99 Å². The minimum Gasteiger partial charge on any atom is -0.493 e. The van der Waals surface area contributed by atoms with Crippen LogP contribution < -0.4 is 29.6 Å². The second-order valence-electron chi connectivity index (χ2n) is 6.19. The Morgan fingerprint density at radius 2 is 1.77 bits per heavy atom. The lowest BCUT2D eigenvalue weighted by Gasteiger charge is -2.19. The van der Waals surface area contributed by atoms with Gasteiger partial charge in [0.1, 0.15) is 17.7 Å². The van der Waals surface area contributed by atoms with Crippen molar-refractivity contribution in [2.24, 2.45) is 4.99 Å². The van der Waals surface area contributed by atoms with Crippen molar-refractivity contribution in [1.29, 1.82) is 0 Å². The van der Waals surface area contributed by atoms with Crippen LogP contribution in [-0.4, -0.2) is 47.0 Å². The van der Waals surface area contributed by atoms with E-state index in [1.807, 2.05) is 19.1 Å². The predicted octanol–water partition coefficient (Wildman–Crippen LogP) is 3.60. The van der Waals surface area contributed by atoms with Gasteiger partial charge in [0.05, 0.1) is 27.9 Å². The fraction of sp³-hybridized carbons (Fsp3) is 0.381. The second kappa shape index (κ2) is 13.0. The first kappa shape index (κ1) is 25.6. The van der Waals surface area contributed by atoms with Crippen molar-refractivity contribution in [3.63, 3.8) is 0 Å². The average Bonchev–Trinajstić information content (AvgIpc) is 2.73. The van der Waals surface area contributed by atoms with Crippen LogP contribution in [0.2, 0.25) is 0 Å². The van der Waals surface area contributed by atoms with Gasteiger partial charge in [-0.25, -0.2) is 4.39 Å². The molecule has 0 aliphatic heterocycles. The third kappa shape index (κ3) is 7.12. The Morgan fingerprint density at radius 3 is 2.37 bits per heavy atom. The topological polar surface area (TPSA) is 73.3 Å². The van der Waals surface area contributed by atoms with Gasteiger partial charge in [0, 0.05) is 25.2 Å². The molecule has 2 aromatic rings. The maximum atomic E-state index is 13.3. The Bertz CT molecular complexity index is 836. The first-order chi connectivity index (χ1) is 14.0. The number of hydrogen-bond donors (Lipinski definition) is 2. The molecule has 7 nitrogen and oxygen atoms in total. The zero-order valence-electron chi connectivity index (χ0n) is 17.8. The van der Waals surface area contributed by atoms with Crippen molar-refractivity contribution in [2.45, 2.75) is 19.6 Å². The molecular weight excluding hydrogens is 504 g/mol. The van der Waals surface area contributed by atoms with Crippen molar-refractivity contribution in [3.05, 3.63) is 47.8 Å². The van der Waals surface area contributed by atoms with Gasteiger partial charge in [-0.2, -0.15) is 0 Å². The molecule has 0 bridgehead atoms. The smallest absolute Gasteiger partial charge is 0.203 e. The summed E-state index contributed by atoms with van der Waals surface area (Å²) in [5.74, 6) is 2.48. The highest BCUT2D eigenvalue weighted by atomic mass is 127. The van der Waals surface area contributed by atoms with Crippen molar-refractivity contribution in [1.82, 2.24) is 10.6 Å². The predicted molar refractivity (Wildman–Crippen MR) is 126 cm³/mol. The summed E-state index contributed by atoms with van der Waals surface area (Å²) in [6.45, 7) is 2.84. The molecule has 2 N–H and O–H groups in total. The molecule has 1 atom stereocenters. The number of aliphatic imine (C=N–C) groups is 1. The summed E-state index contributed by atoms with van der Waals surface area (Å²) in [7, 11) is 6.41. The van der Waals surface area contributed by atoms with Gasteiger partial charge < -0.3 is 29.6 Å². The average molecular weight is 533 g/mol. The summed E-state index contributed by atoms with van der Waals surface area (Å²) in [6, 6.07) is 9.79. The van der Waals surface area contributed by atoms with Gasteiger partial charge >= 0.3 is 0 Å². The van der Waals surface area contributed by atoms with Gasteiger partial charge in [0.2, 0.25) is 5.75 Å². The Hall–Kier alpha value is -2.43. The Morgan fingerprint density at radius 1 is 1.03 bits per heavy atom. The molecule has 0 heterocycles. The van der Waals surface area contributed by atoms with E-state index in [2.05, 4.69) is 15.6 Å². The normalized spacial score (nSPS) is 11.7. The third-order valence-electron chi connectivity index (χ3n) is 4.15. The molecule has 9 heteroatoms. The van der Waals surface area contributed by atoms with Crippen LogP contribution in [0, 0.1) is 5.82 Å². The summed E-state index contributed by atoms with van der Waals surface area (Å²) in [6.07, 6.45) is -0.189. The minimum atomic E-state index is -0.330. The number of halogens is 2.